The highest BCUT2D eigenvalue weighted by Crippen LogP contribution is 2.44. The number of pyridine rings is 1. The van der Waals surface area contributed by atoms with Crippen molar-refractivity contribution in [2.75, 3.05) is 21.7 Å². The molecule has 16 rings (SSSR count). The quantitative estimate of drug-likeness (QED) is 0.124. The predicted molar refractivity (Wildman–Crippen MR) is 366 cm³/mol. The van der Waals surface area contributed by atoms with Crippen LogP contribution in [0.2, 0.25) is 0 Å². The summed E-state index contributed by atoms with van der Waals surface area (Å²) in [4.78, 5) is 9.17. The summed E-state index contributed by atoms with van der Waals surface area (Å²) in [6, 6.07) is 109. The van der Waals surface area contributed by atoms with E-state index in [0.29, 0.717) is 5.71 Å². The lowest BCUT2D eigenvalue weighted by atomic mass is 9.96. The molecular formula is C82H56N4O2. The molecule has 6 nitrogen and oxygen atoms in total. The Morgan fingerprint density at radius 1 is 0.318 bits per heavy atom. The van der Waals surface area contributed by atoms with Crippen LogP contribution in [0.5, 0.6) is 0 Å². The van der Waals surface area contributed by atoms with E-state index in [4.69, 9.17) is 8.83 Å². The number of furan rings is 2. The Balaban J connectivity index is 0.683. The summed E-state index contributed by atoms with van der Waals surface area (Å²) < 4.78 is 12.6. The molecule has 4 heterocycles. The van der Waals surface area contributed by atoms with Crippen LogP contribution >= 0.6 is 0 Å². The van der Waals surface area contributed by atoms with Gasteiger partial charge in [0.25, 0.3) is 0 Å². The molecule has 1 aliphatic rings. The van der Waals surface area contributed by atoms with Crippen LogP contribution in [-0.2, 0) is 0 Å². The lowest BCUT2D eigenvalue weighted by Crippen LogP contribution is -2.09. The highest BCUT2D eigenvalue weighted by molar-refractivity contribution is 6.09. The molecule has 0 aliphatic carbocycles. The number of rotatable bonds is 13. The van der Waals surface area contributed by atoms with E-state index in [0.717, 1.165) is 135 Å². The number of aromatic nitrogens is 1. The highest BCUT2D eigenvalue weighted by atomic mass is 16.4. The van der Waals surface area contributed by atoms with Crippen molar-refractivity contribution in [2.24, 2.45) is 0 Å². The van der Waals surface area contributed by atoms with Crippen LogP contribution in [0.25, 0.3) is 117 Å². The van der Waals surface area contributed by atoms with Crippen molar-refractivity contribution < 1.29 is 8.83 Å². The molecule has 0 radical (unpaired) electrons. The van der Waals surface area contributed by atoms with Gasteiger partial charge in [0.1, 0.15) is 11.2 Å². The largest absolute Gasteiger partial charge is 0.440 e. The van der Waals surface area contributed by atoms with Gasteiger partial charge in [0, 0.05) is 74.2 Å². The van der Waals surface area contributed by atoms with Crippen molar-refractivity contribution in [3.05, 3.63) is 321 Å². The number of hydrogen-bond donors (Lipinski definition) is 1. The average molecular weight is 1130 g/mol. The number of benzene rings is 12. The number of fused-ring (bicyclic) bond motifs is 6. The molecule has 0 saturated heterocycles. The molecule has 0 amide bonds. The fourth-order valence-electron chi connectivity index (χ4n) is 12.6. The minimum Gasteiger partial charge on any atom is -0.440 e. The molecule has 3 aromatic heterocycles. The maximum atomic E-state index is 6.35. The number of anilines is 7. The summed E-state index contributed by atoms with van der Waals surface area (Å²) in [5, 5.41) is 6.60. The second-order valence-corrected chi connectivity index (χ2v) is 22.3. The molecule has 0 saturated carbocycles. The van der Waals surface area contributed by atoms with Gasteiger partial charge in [-0.1, -0.05) is 212 Å². The van der Waals surface area contributed by atoms with E-state index < -0.39 is 0 Å². The standard InChI is InChI=1S/C82H56N4O2/c1-3-13-55(14-4-1)57-27-39-67(40-28-57)85(71-47-35-61(36-48-71)73-21-10-26-78-79(73)77-25-12-52-84-82(77)87-78)69-43-31-59(32-44-69)63-17-7-19-65(53-63)66-20-8-18-64(54-66)60-33-45-70(46-34-60)86(68-41-29-58(30-42-68)56-15-5-2-6-16-56)72-49-37-62(38-50-72)74-22-9-23-75-76-24-11-51-83-81(76)88-80(74)75/h1-51,53-54,84H,52H2. The van der Waals surface area contributed by atoms with Crippen LogP contribution < -0.4 is 15.1 Å². The van der Waals surface area contributed by atoms with E-state index in [1.54, 1.807) is 6.20 Å². The Kier molecular flexibility index (Phi) is 13.2. The Morgan fingerprint density at radius 2 is 0.705 bits per heavy atom. The summed E-state index contributed by atoms with van der Waals surface area (Å²) in [7, 11) is 0. The smallest absolute Gasteiger partial charge is 0.227 e. The third-order valence-corrected chi connectivity index (χ3v) is 17.0. The van der Waals surface area contributed by atoms with Crippen molar-refractivity contribution in [2.45, 2.75) is 0 Å². The first kappa shape index (κ1) is 51.9. The third-order valence-electron chi connectivity index (χ3n) is 17.0. The molecule has 416 valence electrons. The van der Waals surface area contributed by atoms with Gasteiger partial charge in [-0.3, -0.25) is 0 Å². The van der Waals surface area contributed by atoms with Crippen molar-refractivity contribution in [1.29, 1.82) is 0 Å². The van der Waals surface area contributed by atoms with Crippen LogP contribution in [0.4, 0.5) is 40.0 Å². The first-order valence-electron chi connectivity index (χ1n) is 29.9. The van der Waals surface area contributed by atoms with Gasteiger partial charge in [0.15, 0.2) is 0 Å². The molecule has 0 fully saturated rings. The van der Waals surface area contributed by atoms with Crippen molar-refractivity contribution >= 4 is 79.1 Å². The SMILES string of the molecule is C1=Cc2c(oc3cccc(-c4ccc(N(c5ccc(-c6ccccc6)cc5)c5ccc(-c6cccc(-c7cccc(-c8ccc(N(c9ccc(-c%10ccccc%10)cc9)c9ccc(-c%10cccc%11c%10oc%10ncccc%10%11)cc9)cc8)c7)c6)cc5)cc4)c23)NC1. The molecule has 88 heavy (non-hydrogen) atoms. The molecular weight excluding hydrogens is 1070 g/mol. The normalized spacial score (nSPS) is 11.9. The maximum absolute atomic E-state index is 6.35. The topological polar surface area (TPSA) is 57.7 Å². The molecule has 0 bridgehead atoms. The molecule has 15 aromatic rings. The molecule has 0 unspecified atom stereocenters. The van der Waals surface area contributed by atoms with Gasteiger partial charge in [-0.2, -0.15) is 0 Å². The lowest BCUT2D eigenvalue weighted by molar-refractivity contribution is 0.628. The van der Waals surface area contributed by atoms with Gasteiger partial charge in [-0.15, -0.1) is 0 Å². The number of hydrogen-bond acceptors (Lipinski definition) is 6. The highest BCUT2D eigenvalue weighted by Gasteiger charge is 2.21. The molecule has 1 aliphatic heterocycles. The Morgan fingerprint density at radius 3 is 1.20 bits per heavy atom. The van der Waals surface area contributed by atoms with Crippen LogP contribution in [0, 0.1) is 0 Å². The summed E-state index contributed by atoms with van der Waals surface area (Å²) in [5.74, 6) is 0.827. The van der Waals surface area contributed by atoms with E-state index in [1.807, 2.05) is 12.1 Å². The van der Waals surface area contributed by atoms with E-state index in [-0.39, 0.29) is 0 Å². The Hall–Kier alpha value is -11.7. The van der Waals surface area contributed by atoms with Gasteiger partial charge >= 0.3 is 0 Å². The minimum absolute atomic E-state index is 0.647. The van der Waals surface area contributed by atoms with Crippen LogP contribution in [0.15, 0.2) is 324 Å². The lowest BCUT2D eigenvalue weighted by Gasteiger charge is -2.26. The molecule has 6 heteroatoms. The van der Waals surface area contributed by atoms with Gasteiger partial charge < -0.3 is 24.0 Å². The number of para-hydroxylation sites is 1. The molecule has 0 atom stereocenters. The third kappa shape index (κ3) is 9.75. The fourth-order valence-corrected chi connectivity index (χ4v) is 12.6. The summed E-state index contributed by atoms with van der Waals surface area (Å²) >= 11 is 0. The average Bonchev–Trinajstić information content (AvgIpc) is 2.33. The van der Waals surface area contributed by atoms with Gasteiger partial charge in [-0.05, 0) is 175 Å². The minimum atomic E-state index is 0.647. The van der Waals surface area contributed by atoms with Crippen LogP contribution in [0.3, 0.4) is 0 Å². The maximum Gasteiger partial charge on any atom is 0.227 e. The monoisotopic (exact) mass is 1130 g/mol. The van der Waals surface area contributed by atoms with Gasteiger partial charge in [0.2, 0.25) is 11.6 Å². The van der Waals surface area contributed by atoms with E-state index >= 15 is 0 Å². The van der Waals surface area contributed by atoms with Crippen LogP contribution in [-0.4, -0.2) is 11.5 Å². The molecule has 12 aromatic carbocycles. The van der Waals surface area contributed by atoms with Crippen molar-refractivity contribution in [1.82, 2.24) is 4.98 Å². The zero-order chi connectivity index (χ0) is 58.3. The zero-order valence-electron chi connectivity index (χ0n) is 48.0. The van der Waals surface area contributed by atoms with Crippen molar-refractivity contribution in [3.8, 4) is 77.9 Å². The number of nitrogens with zero attached hydrogens (tertiary/aromatic N) is 3. The number of nitrogens with one attached hydrogen (secondary N) is 1. The van der Waals surface area contributed by atoms with Crippen LogP contribution in [0.1, 0.15) is 5.56 Å². The fraction of sp³-hybridized carbons (Fsp3) is 0.0122. The first-order chi connectivity index (χ1) is 43.6. The van der Waals surface area contributed by atoms with E-state index in [1.165, 1.54) is 22.3 Å². The van der Waals surface area contributed by atoms with Crippen molar-refractivity contribution in [3.63, 3.8) is 0 Å². The molecule has 0 spiro atoms. The summed E-state index contributed by atoms with van der Waals surface area (Å²) in [5.41, 5.74) is 25.8. The second-order valence-electron chi connectivity index (χ2n) is 22.3. The predicted octanol–water partition coefficient (Wildman–Crippen LogP) is 22.8. The van der Waals surface area contributed by atoms with E-state index in [2.05, 4.69) is 323 Å². The molecule has 1 N–H and O–H groups in total. The van der Waals surface area contributed by atoms with Gasteiger partial charge in [-0.25, -0.2) is 4.98 Å². The zero-order valence-corrected chi connectivity index (χ0v) is 48.0. The Bertz CT molecular complexity index is 5030. The first-order valence-corrected chi connectivity index (χ1v) is 29.9. The van der Waals surface area contributed by atoms with E-state index in [9.17, 15) is 0 Å². The Labute approximate surface area is 510 Å². The second kappa shape index (κ2) is 22.4. The summed E-state index contributed by atoms with van der Waals surface area (Å²) in [6.07, 6.45) is 6.09. The summed E-state index contributed by atoms with van der Waals surface area (Å²) in [6.45, 7) is 0.759. The van der Waals surface area contributed by atoms with Gasteiger partial charge in [0.05, 0.1) is 0 Å².